The van der Waals surface area contributed by atoms with E-state index in [-0.39, 0.29) is 10.8 Å². The van der Waals surface area contributed by atoms with Gasteiger partial charge in [0, 0.05) is 12.1 Å². The molecular formula is C22H25IN2O5S. The number of halogens is 1. The summed E-state index contributed by atoms with van der Waals surface area (Å²) in [5.41, 5.74) is 1.35. The summed E-state index contributed by atoms with van der Waals surface area (Å²) in [7, 11) is -4.13. The monoisotopic (exact) mass is 556 g/mol. The van der Waals surface area contributed by atoms with Crippen LogP contribution in [0.25, 0.3) is 0 Å². The summed E-state index contributed by atoms with van der Waals surface area (Å²) < 4.78 is 36.1. The molecule has 31 heavy (non-hydrogen) atoms. The van der Waals surface area contributed by atoms with Crippen LogP contribution < -0.4 is 4.72 Å². The van der Waals surface area contributed by atoms with Crippen LogP contribution in [-0.2, 0) is 21.4 Å². The van der Waals surface area contributed by atoms with Crippen molar-refractivity contribution in [1.82, 2.24) is 4.72 Å². The second kappa shape index (κ2) is 12.1. The number of nitro groups is 1. The smallest absolute Gasteiger partial charge is 0.289 e. The second-order valence-corrected chi connectivity index (χ2v) is 9.35. The van der Waals surface area contributed by atoms with Gasteiger partial charge in [-0.2, -0.15) is 0 Å². The summed E-state index contributed by atoms with van der Waals surface area (Å²) in [5, 5.41) is 11.3. The maximum atomic E-state index is 13.0. The number of nitro benzene ring substituents is 1. The molecule has 0 heterocycles. The predicted octanol–water partition coefficient (Wildman–Crippen LogP) is 4.99. The quantitative estimate of drug-likeness (QED) is 0.138. The molecule has 0 aliphatic carbocycles. The Morgan fingerprint density at radius 1 is 1.19 bits per heavy atom. The maximum absolute atomic E-state index is 13.0. The molecule has 7 nitrogen and oxygen atoms in total. The number of ether oxygens (including phenoxy) is 1. The zero-order valence-electron chi connectivity index (χ0n) is 17.3. The van der Waals surface area contributed by atoms with Gasteiger partial charge in [0.15, 0.2) is 4.90 Å². The standard InChI is InChI=1S/C22H25IN2O5S/c1-17(12-14-23)22(18(2)13-15-30-16-19-8-4-3-5-9-19)24-31(28,29)21-11-7-6-10-20(21)25(26)27/h3-14,17,22,24H,15-16H2,1-2H3/b14-12+,18-13+/t17-,22-/m0/s1. The van der Waals surface area contributed by atoms with E-state index in [1.54, 1.807) is 0 Å². The van der Waals surface area contributed by atoms with Crippen molar-refractivity contribution in [2.75, 3.05) is 6.61 Å². The van der Waals surface area contributed by atoms with E-state index in [1.165, 1.54) is 24.3 Å². The molecule has 0 bridgehead atoms. The molecular weight excluding hydrogens is 531 g/mol. The zero-order valence-corrected chi connectivity index (χ0v) is 20.2. The van der Waals surface area contributed by atoms with Crippen molar-refractivity contribution in [1.29, 1.82) is 0 Å². The van der Waals surface area contributed by atoms with Gasteiger partial charge in [0.2, 0.25) is 10.0 Å². The Hall–Kier alpha value is -2.08. The summed E-state index contributed by atoms with van der Waals surface area (Å²) in [6.07, 6.45) is 3.70. The van der Waals surface area contributed by atoms with Crippen molar-refractivity contribution in [2.24, 2.45) is 5.92 Å². The van der Waals surface area contributed by atoms with Crippen LogP contribution in [0.5, 0.6) is 0 Å². The van der Waals surface area contributed by atoms with Gasteiger partial charge in [-0.05, 0) is 28.6 Å². The summed E-state index contributed by atoms with van der Waals surface area (Å²) >= 11 is 2.07. The molecule has 2 atom stereocenters. The van der Waals surface area contributed by atoms with Crippen LogP contribution in [0.4, 0.5) is 5.69 Å². The average Bonchev–Trinajstić information content (AvgIpc) is 2.75. The van der Waals surface area contributed by atoms with Gasteiger partial charge in [0.05, 0.1) is 18.1 Å². The number of rotatable bonds is 11. The highest BCUT2D eigenvalue weighted by molar-refractivity contribution is 14.1. The highest BCUT2D eigenvalue weighted by Gasteiger charge is 2.29. The number of nitrogens with one attached hydrogen (secondary N) is 1. The number of nitrogens with zero attached hydrogens (tertiary/aromatic N) is 1. The second-order valence-electron chi connectivity index (χ2n) is 6.95. The SMILES string of the molecule is C/C(=C\COCc1ccccc1)[C@@H](NS(=O)(=O)c1ccccc1[N+](=O)[O-])[C@@H](C)/C=C/I. The largest absolute Gasteiger partial charge is 0.373 e. The highest BCUT2D eigenvalue weighted by atomic mass is 127. The molecule has 0 aliphatic heterocycles. The van der Waals surface area contributed by atoms with E-state index in [0.717, 1.165) is 11.1 Å². The normalized spacial score (nSPS) is 14.5. The molecule has 0 saturated carbocycles. The van der Waals surface area contributed by atoms with Gasteiger partial charge in [-0.3, -0.25) is 10.1 Å². The molecule has 0 spiro atoms. The molecule has 0 aliphatic rings. The average molecular weight is 556 g/mol. The number of benzene rings is 2. The van der Waals surface area contributed by atoms with Crippen molar-refractivity contribution >= 4 is 38.3 Å². The number of sulfonamides is 1. The van der Waals surface area contributed by atoms with Gasteiger partial charge in [-0.25, -0.2) is 13.1 Å². The van der Waals surface area contributed by atoms with Crippen molar-refractivity contribution in [3.8, 4) is 0 Å². The van der Waals surface area contributed by atoms with Gasteiger partial charge in [-0.1, -0.05) is 89.7 Å². The molecule has 0 aromatic heterocycles. The Kier molecular flexibility index (Phi) is 9.82. The molecule has 0 unspecified atom stereocenters. The number of hydrogen-bond donors (Lipinski definition) is 1. The molecule has 0 saturated heterocycles. The fourth-order valence-electron chi connectivity index (χ4n) is 2.98. The Morgan fingerprint density at radius 3 is 2.48 bits per heavy atom. The summed E-state index contributed by atoms with van der Waals surface area (Å²) in [6.45, 7) is 4.45. The maximum Gasteiger partial charge on any atom is 0.289 e. The van der Waals surface area contributed by atoms with E-state index >= 15 is 0 Å². The van der Waals surface area contributed by atoms with Crippen LogP contribution >= 0.6 is 22.6 Å². The molecule has 2 rings (SSSR count). The van der Waals surface area contributed by atoms with Crippen LogP contribution in [0.15, 0.2) is 81.3 Å². The van der Waals surface area contributed by atoms with Crippen LogP contribution in [0.3, 0.4) is 0 Å². The van der Waals surface area contributed by atoms with E-state index < -0.39 is 26.7 Å². The molecule has 2 aromatic rings. The van der Waals surface area contributed by atoms with E-state index in [2.05, 4.69) is 27.3 Å². The van der Waals surface area contributed by atoms with Crippen LogP contribution in [-0.4, -0.2) is 26.0 Å². The zero-order chi connectivity index (χ0) is 22.9. The van der Waals surface area contributed by atoms with Gasteiger partial charge >= 0.3 is 0 Å². The molecule has 9 heteroatoms. The summed E-state index contributed by atoms with van der Waals surface area (Å²) in [6, 6.07) is 14.5. The lowest BCUT2D eigenvalue weighted by atomic mass is 9.96. The van der Waals surface area contributed by atoms with Crippen molar-refractivity contribution < 1.29 is 18.1 Å². The minimum atomic E-state index is -4.13. The molecule has 1 N–H and O–H groups in total. The summed E-state index contributed by atoms with van der Waals surface area (Å²) in [5.74, 6) is -0.181. The predicted molar refractivity (Wildman–Crippen MR) is 129 cm³/mol. The van der Waals surface area contributed by atoms with Crippen molar-refractivity contribution in [3.05, 3.63) is 92.1 Å². The van der Waals surface area contributed by atoms with Crippen molar-refractivity contribution in [2.45, 2.75) is 31.4 Å². The third kappa shape index (κ3) is 7.53. The lowest BCUT2D eigenvalue weighted by molar-refractivity contribution is -0.387. The number of hydrogen-bond acceptors (Lipinski definition) is 5. The molecule has 0 radical (unpaired) electrons. The van der Waals surface area contributed by atoms with Gasteiger partial charge < -0.3 is 4.74 Å². The van der Waals surface area contributed by atoms with Gasteiger partial charge in [0.1, 0.15) is 0 Å². The first-order valence-electron chi connectivity index (χ1n) is 9.57. The van der Waals surface area contributed by atoms with E-state index in [9.17, 15) is 18.5 Å². The van der Waals surface area contributed by atoms with Crippen LogP contribution in [0.2, 0.25) is 0 Å². The minimum Gasteiger partial charge on any atom is -0.373 e. The van der Waals surface area contributed by atoms with E-state index in [4.69, 9.17) is 4.74 Å². The number of para-hydroxylation sites is 1. The lowest BCUT2D eigenvalue weighted by Crippen LogP contribution is -2.40. The van der Waals surface area contributed by atoms with E-state index in [1.807, 2.05) is 60.4 Å². The van der Waals surface area contributed by atoms with Crippen LogP contribution in [0, 0.1) is 16.0 Å². The lowest BCUT2D eigenvalue weighted by Gasteiger charge is -2.24. The fraction of sp³-hybridized carbons (Fsp3) is 0.273. The Morgan fingerprint density at radius 2 is 1.84 bits per heavy atom. The first kappa shape index (κ1) is 25.2. The Bertz CT molecular complexity index is 1040. The molecule has 0 fully saturated rings. The Balaban J connectivity index is 2.20. The van der Waals surface area contributed by atoms with Gasteiger partial charge in [0.25, 0.3) is 5.69 Å². The molecule has 0 amide bonds. The minimum absolute atomic E-state index is 0.181. The highest BCUT2D eigenvalue weighted by Crippen LogP contribution is 2.25. The van der Waals surface area contributed by atoms with Crippen LogP contribution in [0.1, 0.15) is 19.4 Å². The topological polar surface area (TPSA) is 98.5 Å². The first-order chi connectivity index (χ1) is 14.8. The Labute approximate surface area is 196 Å². The molecule has 166 valence electrons. The summed E-state index contributed by atoms with van der Waals surface area (Å²) in [4.78, 5) is 10.2. The third-order valence-electron chi connectivity index (χ3n) is 4.66. The first-order valence-corrected chi connectivity index (χ1v) is 12.3. The van der Waals surface area contributed by atoms with E-state index in [0.29, 0.717) is 13.2 Å². The third-order valence-corrected chi connectivity index (χ3v) is 6.56. The van der Waals surface area contributed by atoms with Gasteiger partial charge in [-0.15, -0.1) is 0 Å². The fourth-order valence-corrected chi connectivity index (χ4v) is 5.17. The molecule has 2 aromatic carbocycles. The van der Waals surface area contributed by atoms with Crippen molar-refractivity contribution in [3.63, 3.8) is 0 Å².